The van der Waals surface area contributed by atoms with Gasteiger partial charge in [0.1, 0.15) is 0 Å². The van der Waals surface area contributed by atoms with Crippen LogP contribution in [0.4, 0.5) is 9.93 Å². The van der Waals surface area contributed by atoms with Gasteiger partial charge in [-0.3, -0.25) is 4.90 Å². The zero-order chi connectivity index (χ0) is 17.2. The third-order valence-electron chi connectivity index (χ3n) is 2.94. The summed E-state index contributed by atoms with van der Waals surface area (Å²) in [6.07, 6.45) is 0. The average molecular weight is 376 g/mol. The van der Waals surface area contributed by atoms with Gasteiger partial charge < -0.3 is 4.90 Å². The molecule has 0 fully saturated rings. The number of hydrogen-bond donors (Lipinski definition) is 0. The highest BCUT2D eigenvalue weighted by Crippen LogP contribution is 2.26. The molecule has 23 heavy (non-hydrogen) atoms. The molecule has 0 aliphatic carbocycles. The Morgan fingerprint density at radius 1 is 1.22 bits per heavy atom. The minimum atomic E-state index is -3.74. The summed E-state index contributed by atoms with van der Waals surface area (Å²) in [6, 6.07) is 3.42. The van der Waals surface area contributed by atoms with E-state index in [-0.39, 0.29) is 22.0 Å². The maximum absolute atomic E-state index is 12.5. The summed E-state index contributed by atoms with van der Waals surface area (Å²) in [6.45, 7) is 0.265. The van der Waals surface area contributed by atoms with Crippen molar-refractivity contribution in [3.05, 3.63) is 22.4 Å². The van der Waals surface area contributed by atoms with Gasteiger partial charge in [0.05, 0.1) is 0 Å². The van der Waals surface area contributed by atoms with E-state index < -0.39 is 10.0 Å². The first-order valence-corrected chi connectivity index (χ1v) is 9.64. The van der Waals surface area contributed by atoms with Crippen LogP contribution in [0.25, 0.3) is 0 Å². The molecular formula is C12H17N5O3S3. The number of hydrogen-bond acceptors (Lipinski definition) is 7. The summed E-state index contributed by atoms with van der Waals surface area (Å²) in [5.41, 5.74) is 0. The molecule has 11 heteroatoms. The highest BCUT2D eigenvalue weighted by Gasteiger charge is 2.28. The first kappa shape index (κ1) is 17.8. The lowest BCUT2D eigenvalue weighted by molar-refractivity contribution is 0.225. The average Bonchev–Trinajstić information content (AvgIpc) is 3.16. The Hall–Kier alpha value is -1.56. The molecule has 8 nitrogen and oxygen atoms in total. The SMILES string of the molecule is CN(C)C(=O)N(C)c1nnc(S(=O)(=O)N(C)Cc2cccs2)s1. The Labute approximate surface area is 143 Å². The summed E-state index contributed by atoms with van der Waals surface area (Å²) in [5.74, 6) is 0. The van der Waals surface area contributed by atoms with Crippen molar-refractivity contribution in [2.45, 2.75) is 10.9 Å². The number of nitrogens with zero attached hydrogens (tertiary/aromatic N) is 5. The molecule has 0 atom stereocenters. The molecule has 2 heterocycles. The number of anilines is 1. The predicted molar refractivity (Wildman–Crippen MR) is 90.4 cm³/mol. The van der Waals surface area contributed by atoms with E-state index in [0.717, 1.165) is 16.2 Å². The van der Waals surface area contributed by atoms with E-state index in [2.05, 4.69) is 10.2 Å². The Balaban J connectivity index is 2.19. The van der Waals surface area contributed by atoms with Crippen LogP contribution < -0.4 is 4.90 Å². The molecule has 0 bridgehead atoms. The van der Waals surface area contributed by atoms with E-state index in [0.29, 0.717) is 0 Å². The lowest BCUT2D eigenvalue weighted by atomic mass is 10.5. The Morgan fingerprint density at radius 3 is 2.48 bits per heavy atom. The van der Waals surface area contributed by atoms with Crippen LogP contribution in [0.3, 0.4) is 0 Å². The molecule has 2 rings (SSSR count). The van der Waals surface area contributed by atoms with E-state index in [1.54, 1.807) is 14.1 Å². The molecule has 0 unspecified atom stereocenters. The van der Waals surface area contributed by atoms with Crippen molar-refractivity contribution in [2.24, 2.45) is 0 Å². The van der Waals surface area contributed by atoms with Gasteiger partial charge in [-0.1, -0.05) is 17.4 Å². The maximum Gasteiger partial charge on any atom is 0.325 e. The Morgan fingerprint density at radius 2 is 1.91 bits per heavy atom. The van der Waals surface area contributed by atoms with Crippen molar-refractivity contribution in [1.29, 1.82) is 0 Å². The largest absolute Gasteiger partial charge is 0.330 e. The van der Waals surface area contributed by atoms with Gasteiger partial charge in [0.2, 0.25) is 9.47 Å². The second-order valence-electron chi connectivity index (χ2n) is 4.93. The van der Waals surface area contributed by atoms with Gasteiger partial charge in [0.15, 0.2) is 0 Å². The number of aromatic nitrogens is 2. The standard InChI is InChI=1S/C12H17N5O3S3/c1-15(2)12(18)17(4)10-13-14-11(22-10)23(19,20)16(3)8-9-6-5-7-21-9/h5-7H,8H2,1-4H3. The smallest absolute Gasteiger partial charge is 0.325 e. The van der Waals surface area contributed by atoms with Gasteiger partial charge in [-0.25, -0.2) is 13.2 Å². The molecule has 0 N–H and O–H groups in total. The van der Waals surface area contributed by atoms with Gasteiger partial charge in [0.25, 0.3) is 10.0 Å². The van der Waals surface area contributed by atoms with Crippen LogP contribution in [0.5, 0.6) is 0 Å². The van der Waals surface area contributed by atoms with E-state index in [4.69, 9.17) is 0 Å². The van der Waals surface area contributed by atoms with Crippen LogP contribution in [0.15, 0.2) is 21.9 Å². The van der Waals surface area contributed by atoms with Crippen LogP contribution in [0, 0.1) is 0 Å². The Kier molecular flexibility index (Phi) is 5.34. The van der Waals surface area contributed by atoms with E-state index in [9.17, 15) is 13.2 Å². The molecule has 2 aromatic heterocycles. The van der Waals surface area contributed by atoms with Crippen LogP contribution in [0.1, 0.15) is 4.88 Å². The molecule has 0 aliphatic heterocycles. The summed E-state index contributed by atoms with van der Waals surface area (Å²) in [7, 11) is 2.48. The lowest BCUT2D eigenvalue weighted by Gasteiger charge is -2.18. The van der Waals surface area contributed by atoms with Gasteiger partial charge in [-0.2, -0.15) is 4.31 Å². The van der Waals surface area contributed by atoms with E-state index in [1.807, 2.05) is 17.5 Å². The van der Waals surface area contributed by atoms with Gasteiger partial charge in [-0.05, 0) is 11.4 Å². The molecule has 2 aromatic rings. The number of urea groups is 1. The summed E-state index contributed by atoms with van der Waals surface area (Å²) in [5, 5.41) is 9.66. The van der Waals surface area contributed by atoms with Crippen molar-refractivity contribution in [3.8, 4) is 0 Å². The van der Waals surface area contributed by atoms with Crippen molar-refractivity contribution >= 4 is 43.9 Å². The van der Waals surface area contributed by atoms with Gasteiger partial charge in [-0.15, -0.1) is 21.5 Å². The van der Waals surface area contributed by atoms with Crippen molar-refractivity contribution in [2.75, 3.05) is 33.1 Å². The fourth-order valence-electron chi connectivity index (χ4n) is 1.66. The van der Waals surface area contributed by atoms with Crippen LogP contribution in [-0.2, 0) is 16.6 Å². The number of thiophene rings is 1. The quantitative estimate of drug-likeness (QED) is 0.740. The molecule has 0 aromatic carbocycles. The minimum Gasteiger partial charge on any atom is -0.330 e. The second-order valence-corrected chi connectivity index (χ2v) is 9.13. The number of carbonyl (C=O) groups excluding carboxylic acids is 1. The fourth-order valence-corrected chi connectivity index (χ4v) is 4.78. The monoisotopic (exact) mass is 375 g/mol. The topological polar surface area (TPSA) is 86.7 Å². The fraction of sp³-hybridized carbons (Fsp3) is 0.417. The third-order valence-corrected chi connectivity index (χ3v) is 6.95. The molecule has 0 radical (unpaired) electrons. The number of sulfonamides is 1. The predicted octanol–water partition coefficient (Wildman–Crippen LogP) is 1.54. The summed E-state index contributed by atoms with van der Waals surface area (Å²) >= 11 is 2.35. The molecule has 0 saturated carbocycles. The highest BCUT2D eigenvalue weighted by atomic mass is 32.2. The summed E-state index contributed by atoms with van der Waals surface area (Å²) in [4.78, 5) is 15.4. The zero-order valence-electron chi connectivity index (χ0n) is 13.1. The molecule has 126 valence electrons. The molecule has 0 aliphatic rings. The van der Waals surface area contributed by atoms with Crippen LogP contribution >= 0.6 is 22.7 Å². The molecule has 2 amide bonds. The Bertz CT molecular complexity index is 770. The van der Waals surface area contributed by atoms with Gasteiger partial charge in [0, 0.05) is 39.6 Å². The van der Waals surface area contributed by atoms with E-state index >= 15 is 0 Å². The second kappa shape index (κ2) is 6.91. The molecule has 0 spiro atoms. The lowest BCUT2D eigenvalue weighted by Crippen LogP contribution is -2.36. The molecular weight excluding hydrogens is 358 g/mol. The van der Waals surface area contributed by atoms with Crippen molar-refractivity contribution in [1.82, 2.24) is 19.4 Å². The highest BCUT2D eigenvalue weighted by molar-refractivity contribution is 7.91. The first-order chi connectivity index (χ1) is 10.7. The van der Waals surface area contributed by atoms with Crippen LogP contribution in [-0.4, -0.2) is 62.0 Å². The van der Waals surface area contributed by atoms with Crippen molar-refractivity contribution < 1.29 is 13.2 Å². The normalized spacial score (nSPS) is 11.7. The van der Waals surface area contributed by atoms with E-state index in [1.165, 1.54) is 39.5 Å². The summed E-state index contributed by atoms with van der Waals surface area (Å²) < 4.78 is 26.1. The first-order valence-electron chi connectivity index (χ1n) is 6.50. The number of amides is 2. The minimum absolute atomic E-state index is 0.134. The van der Waals surface area contributed by atoms with Crippen molar-refractivity contribution in [3.63, 3.8) is 0 Å². The maximum atomic E-state index is 12.5. The van der Waals surface area contributed by atoms with Crippen LogP contribution in [0.2, 0.25) is 0 Å². The zero-order valence-corrected chi connectivity index (χ0v) is 15.6. The number of rotatable bonds is 5. The van der Waals surface area contributed by atoms with Gasteiger partial charge >= 0.3 is 6.03 Å². The number of carbonyl (C=O) groups is 1. The molecule has 0 saturated heterocycles. The third kappa shape index (κ3) is 3.86.